The van der Waals surface area contributed by atoms with E-state index in [0.717, 1.165) is 32.1 Å². The Morgan fingerprint density at radius 1 is 1.19 bits per heavy atom. The Kier molecular flexibility index (Phi) is 8.14. The zero-order chi connectivity index (χ0) is 23.4. The molecule has 0 aliphatic rings. The largest absolute Gasteiger partial charge is 0.382 e. The summed E-state index contributed by atoms with van der Waals surface area (Å²) in [5.41, 5.74) is 5.04. The van der Waals surface area contributed by atoms with E-state index in [1.54, 1.807) is 4.57 Å². The number of anilines is 1. The Morgan fingerprint density at radius 3 is 2.53 bits per heavy atom. The van der Waals surface area contributed by atoms with Crippen LogP contribution >= 0.6 is 23.1 Å². The van der Waals surface area contributed by atoms with Gasteiger partial charge in [0.25, 0.3) is 5.56 Å². The van der Waals surface area contributed by atoms with Crippen molar-refractivity contribution in [1.29, 1.82) is 0 Å². The molecule has 0 saturated heterocycles. The van der Waals surface area contributed by atoms with Crippen LogP contribution in [0.1, 0.15) is 40.5 Å². The molecule has 3 aromatic rings. The van der Waals surface area contributed by atoms with Gasteiger partial charge >= 0.3 is 0 Å². The Bertz CT molecular complexity index is 1170. The van der Waals surface area contributed by atoms with Gasteiger partial charge in [0.2, 0.25) is 5.91 Å². The SMILES string of the molecule is CCOCCCn1c(SCC(=O)Nc2c(C)cc(C)cc2C)nc2sc(C)c(C)c2c1=O. The fourth-order valence-corrected chi connectivity index (χ4v) is 5.66. The lowest BCUT2D eigenvalue weighted by molar-refractivity contribution is -0.113. The van der Waals surface area contributed by atoms with E-state index in [1.165, 1.54) is 28.7 Å². The topological polar surface area (TPSA) is 73.2 Å². The molecule has 32 heavy (non-hydrogen) atoms. The molecule has 1 N–H and O–H groups in total. The van der Waals surface area contributed by atoms with E-state index in [1.807, 2.05) is 41.5 Å². The Balaban J connectivity index is 1.83. The van der Waals surface area contributed by atoms with Crippen molar-refractivity contribution >= 4 is 44.9 Å². The van der Waals surface area contributed by atoms with Gasteiger partial charge in [0, 0.05) is 30.3 Å². The number of carbonyl (C=O) groups is 1. The maximum absolute atomic E-state index is 13.3. The minimum absolute atomic E-state index is 0.0403. The lowest BCUT2D eigenvalue weighted by Crippen LogP contribution is -2.25. The minimum atomic E-state index is -0.112. The number of ether oxygens (including phenoxy) is 1. The molecule has 2 aromatic heterocycles. The van der Waals surface area contributed by atoms with Gasteiger partial charge in [0.1, 0.15) is 4.83 Å². The zero-order valence-electron chi connectivity index (χ0n) is 19.6. The first-order chi connectivity index (χ1) is 15.2. The predicted octanol–water partition coefficient (Wildman–Crippen LogP) is 5.16. The van der Waals surface area contributed by atoms with Gasteiger partial charge in [-0.05, 0) is 64.7 Å². The third kappa shape index (κ3) is 5.42. The van der Waals surface area contributed by atoms with Crippen LogP contribution in [0.3, 0.4) is 0 Å². The summed E-state index contributed by atoms with van der Waals surface area (Å²) in [6.45, 7) is 13.7. The summed E-state index contributed by atoms with van der Waals surface area (Å²) in [6.07, 6.45) is 0.713. The molecule has 0 spiro atoms. The molecule has 2 heterocycles. The fraction of sp³-hybridized carbons (Fsp3) is 0.458. The molecular weight excluding hydrogens is 442 g/mol. The van der Waals surface area contributed by atoms with Gasteiger partial charge in [-0.3, -0.25) is 14.2 Å². The first-order valence-electron chi connectivity index (χ1n) is 10.8. The van der Waals surface area contributed by atoms with Crippen LogP contribution in [0.5, 0.6) is 0 Å². The van der Waals surface area contributed by atoms with Gasteiger partial charge in [-0.25, -0.2) is 4.98 Å². The van der Waals surface area contributed by atoms with Crippen molar-refractivity contribution in [2.24, 2.45) is 0 Å². The molecule has 1 amide bonds. The van der Waals surface area contributed by atoms with E-state index in [4.69, 9.17) is 9.72 Å². The van der Waals surface area contributed by atoms with E-state index >= 15 is 0 Å². The summed E-state index contributed by atoms with van der Waals surface area (Å²) < 4.78 is 7.14. The number of amides is 1. The van der Waals surface area contributed by atoms with Crippen LogP contribution in [0.4, 0.5) is 5.69 Å². The second-order valence-electron chi connectivity index (χ2n) is 7.98. The van der Waals surface area contributed by atoms with Crippen LogP contribution in [0.25, 0.3) is 10.2 Å². The van der Waals surface area contributed by atoms with E-state index in [0.29, 0.717) is 36.7 Å². The van der Waals surface area contributed by atoms with Crippen LogP contribution < -0.4 is 10.9 Å². The number of carbonyl (C=O) groups excluding carboxylic acids is 1. The molecule has 0 fully saturated rings. The standard InChI is InChI=1S/C24H31N3O3S2/c1-7-30-10-8-9-27-23(29)20-17(5)18(6)32-22(20)26-24(27)31-13-19(28)25-21-15(3)11-14(2)12-16(21)4/h11-12H,7-10,13H2,1-6H3,(H,25,28). The van der Waals surface area contributed by atoms with Gasteiger partial charge in [0.05, 0.1) is 11.1 Å². The van der Waals surface area contributed by atoms with Gasteiger partial charge in [-0.2, -0.15) is 0 Å². The highest BCUT2D eigenvalue weighted by Crippen LogP contribution is 2.29. The summed E-state index contributed by atoms with van der Waals surface area (Å²) >= 11 is 2.83. The molecule has 0 radical (unpaired) electrons. The van der Waals surface area contributed by atoms with Crippen LogP contribution in [-0.4, -0.2) is 34.4 Å². The first kappa shape index (κ1) is 24.5. The molecule has 8 heteroatoms. The van der Waals surface area contributed by atoms with Crippen molar-refractivity contribution in [3.8, 4) is 0 Å². The number of benzene rings is 1. The van der Waals surface area contributed by atoms with Crippen molar-refractivity contribution in [3.05, 3.63) is 49.6 Å². The zero-order valence-corrected chi connectivity index (χ0v) is 21.3. The highest BCUT2D eigenvalue weighted by atomic mass is 32.2. The van der Waals surface area contributed by atoms with Crippen LogP contribution in [0, 0.1) is 34.6 Å². The third-order valence-electron chi connectivity index (χ3n) is 5.40. The lowest BCUT2D eigenvalue weighted by atomic mass is 10.1. The quantitative estimate of drug-likeness (QED) is 0.264. The van der Waals surface area contributed by atoms with Crippen LogP contribution in [0.15, 0.2) is 22.1 Å². The maximum atomic E-state index is 13.3. The number of nitrogens with zero attached hydrogens (tertiary/aromatic N) is 2. The van der Waals surface area contributed by atoms with Gasteiger partial charge in [-0.15, -0.1) is 11.3 Å². The van der Waals surface area contributed by atoms with E-state index in [9.17, 15) is 9.59 Å². The molecule has 0 atom stereocenters. The molecule has 172 valence electrons. The van der Waals surface area contributed by atoms with Gasteiger partial charge < -0.3 is 10.1 Å². The highest BCUT2D eigenvalue weighted by molar-refractivity contribution is 7.99. The number of thiophene rings is 1. The number of thioether (sulfide) groups is 1. The molecule has 0 bridgehead atoms. The smallest absolute Gasteiger partial charge is 0.263 e. The average molecular weight is 474 g/mol. The molecule has 1 aromatic carbocycles. The van der Waals surface area contributed by atoms with Crippen molar-refractivity contribution in [2.45, 2.75) is 59.7 Å². The van der Waals surface area contributed by atoms with Crippen LogP contribution in [-0.2, 0) is 16.1 Å². The van der Waals surface area contributed by atoms with E-state index in [2.05, 4.69) is 17.4 Å². The average Bonchev–Trinajstić information content (AvgIpc) is 3.01. The number of hydrogen-bond donors (Lipinski definition) is 1. The van der Waals surface area contributed by atoms with Crippen molar-refractivity contribution in [2.75, 3.05) is 24.3 Å². The summed E-state index contributed by atoms with van der Waals surface area (Å²) in [7, 11) is 0. The molecule has 6 nitrogen and oxygen atoms in total. The first-order valence-corrected chi connectivity index (χ1v) is 12.6. The van der Waals surface area contributed by atoms with Crippen molar-refractivity contribution in [3.63, 3.8) is 0 Å². The van der Waals surface area contributed by atoms with Crippen LogP contribution in [0.2, 0.25) is 0 Å². The molecule has 3 rings (SSSR count). The van der Waals surface area contributed by atoms with Crippen molar-refractivity contribution in [1.82, 2.24) is 9.55 Å². The summed E-state index contributed by atoms with van der Waals surface area (Å²) in [4.78, 5) is 32.6. The lowest BCUT2D eigenvalue weighted by Gasteiger charge is -2.14. The van der Waals surface area contributed by atoms with Crippen molar-refractivity contribution < 1.29 is 9.53 Å². The number of hydrogen-bond acceptors (Lipinski definition) is 6. The number of rotatable bonds is 9. The minimum Gasteiger partial charge on any atom is -0.382 e. The molecule has 0 aliphatic heterocycles. The molecule has 0 aliphatic carbocycles. The number of fused-ring (bicyclic) bond motifs is 1. The number of aromatic nitrogens is 2. The van der Waals surface area contributed by atoms with E-state index in [-0.39, 0.29) is 17.2 Å². The molecular formula is C24H31N3O3S2. The third-order valence-corrected chi connectivity index (χ3v) is 7.48. The van der Waals surface area contributed by atoms with Gasteiger partial charge in [-0.1, -0.05) is 29.5 Å². The number of nitrogens with one attached hydrogen (secondary N) is 1. The Hall–Kier alpha value is -2.16. The normalized spacial score (nSPS) is 11.3. The summed E-state index contributed by atoms with van der Waals surface area (Å²) in [6, 6.07) is 4.12. The summed E-state index contributed by atoms with van der Waals surface area (Å²) in [5.74, 6) is 0.0678. The fourth-order valence-electron chi connectivity index (χ4n) is 3.77. The second-order valence-corrected chi connectivity index (χ2v) is 10.1. The second kappa shape index (κ2) is 10.6. The highest BCUT2D eigenvalue weighted by Gasteiger charge is 2.18. The Morgan fingerprint density at radius 2 is 1.88 bits per heavy atom. The Labute approximate surface area is 197 Å². The summed E-state index contributed by atoms with van der Waals surface area (Å²) in [5, 5.41) is 4.29. The monoisotopic (exact) mass is 473 g/mol. The molecule has 0 saturated carbocycles. The predicted molar refractivity (Wildman–Crippen MR) is 134 cm³/mol. The van der Waals surface area contributed by atoms with E-state index < -0.39 is 0 Å². The maximum Gasteiger partial charge on any atom is 0.263 e. The van der Waals surface area contributed by atoms with Gasteiger partial charge in [0.15, 0.2) is 5.16 Å². The number of aryl methyl sites for hydroxylation is 5. The molecule has 0 unspecified atom stereocenters.